The highest BCUT2D eigenvalue weighted by Crippen LogP contribution is 2.22. The van der Waals surface area contributed by atoms with Gasteiger partial charge in [-0.15, -0.1) is 5.10 Å². The molecule has 7 nitrogen and oxygen atoms in total. The van der Waals surface area contributed by atoms with Crippen molar-refractivity contribution in [3.05, 3.63) is 70.3 Å². The quantitative estimate of drug-likeness (QED) is 0.707. The second-order valence-electron chi connectivity index (χ2n) is 6.94. The van der Waals surface area contributed by atoms with E-state index in [0.29, 0.717) is 19.5 Å². The second kappa shape index (κ2) is 7.84. The summed E-state index contributed by atoms with van der Waals surface area (Å²) < 4.78 is 14.5. The Hall–Kier alpha value is -3.16. The average molecular weight is 380 g/mol. The number of halogens is 1. The van der Waals surface area contributed by atoms with Gasteiger partial charge in [0.05, 0.1) is 12.7 Å². The van der Waals surface area contributed by atoms with Crippen LogP contribution in [0.5, 0.6) is 0 Å². The topological polar surface area (TPSA) is 85.6 Å². The molecule has 1 aromatic carbocycles. The van der Waals surface area contributed by atoms with Crippen molar-refractivity contribution in [1.29, 1.82) is 0 Å². The number of fused-ring (bicyclic) bond motifs is 1. The molecule has 0 aliphatic heterocycles. The molecule has 2 heterocycles. The van der Waals surface area contributed by atoms with Crippen molar-refractivity contribution in [1.82, 2.24) is 30.3 Å². The summed E-state index contributed by atoms with van der Waals surface area (Å²) in [6, 6.07) is 6.13. The molecule has 1 N–H and O–H groups in total. The standard InChI is InChI=1S/C20H21FN6O/c1-13-16-3-2-4-17(16)24-19(23-13)9-10-22-20(28)18-12-27(26-25-18)11-14-5-7-15(21)8-6-14/h5-8,12H,2-4,9-11H2,1H3,(H,22,28). The second-order valence-corrected chi connectivity index (χ2v) is 6.94. The molecule has 0 saturated heterocycles. The van der Waals surface area contributed by atoms with E-state index in [9.17, 15) is 9.18 Å². The lowest BCUT2D eigenvalue weighted by atomic mass is 10.2. The maximum absolute atomic E-state index is 13.0. The molecule has 8 heteroatoms. The number of carbonyl (C=O) groups excluding carboxylic acids is 1. The number of benzene rings is 1. The number of nitrogens with zero attached hydrogens (tertiary/aromatic N) is 5. The van der Waals surface area contributed by atoms with Crippen molar-refractivity contribution in [2.75, 3.05) is 6.54 Å². The Morgan fingerprint density at radius 2 is 2.04 bits per heavy atom. The summed E-state index contributed by atoms with van der Waals surface area (Å²) in [5, 5.41) is 10.7. The van der Waals surface area contributed by atoms with E-state index < -0.39 is 0 Å². The Morgan fingerprint density at radius 1 is 1.21 bits per heavy atom. The third kappa shape index (κ3) is 4.05. The van der Waals surface area contributed by atoms with E-state index >= 15 is 0 Å². The fraction of sp³-hybridized carbons (Fsp3) is 0.350. The molecule has 0 bridgehead atoms. The molecule has 0 saturated carbocycles. The first kappa shape index (κ1) is 18.2. The molecule has 28 heavy (non-hydrogen) atoms. The van der Waals surface area contributed by atoms with Crippen molar-refractivity contribution >= 4 is 5.91 Å². The van der Waals surface area contributed by atoms with Crippen LogP contribution in [0.15, 0.2) is 30.5 Å². The van der Waals surface area contributed by atoms with Crippen LogP contribution in [0.25, 0.3) is 0 Å². The zero-order valence-corrected chi connectivity index (χ0v) is 15.7. The van der Waals surface area contributed by atoms with Gasteiger partial charge in [0.2, 0.25) is 0 Å². The summed E-state index contributed by atoms with van der Waals surface area (Å²) in [6.45, 7) is 2.87. The van der Waals surface area contributed by atoms with E-state index in [1.54, 1.807) is 23.0 Å². The maximum Gasteiger partial charge on any atom is 0.273 e. The lowest BCUT2D eigenvalue weighted by Gasteiger charge is -2.07. The van der Waals surface area contributed by atoms with Crippen molar-refractivity contribution in [3.63, 3.8) is 0 Å². The minimum atomic E-state index is -0.289. The third-order valence-corrected chi connectivity index (χ3v) is 4.85. The Kier molecular flexibility index (Phi) is 5.10. The summed E-state index contributed by atoms with van der Waals surface area (Å²) in [4.78, 5) is 21.5. The van der Waals surface area contributed by atoms with Crippen LogP contribution in [-0.4, -0.2) is 37.4 Å². The fourth-order valence-corrected chi connectivity index (χ4v) is 3.43. The molecule has 4 rings (SSSR count). The molecule has 0 spiro atoms. The van der Waals surface area contributed by atoms with Gasteiger partial charge in [0.1, 0.15) is 11.6 Å². The number of carbonyl (C=O) groups is 1. The summed E-state index contributed by atoms with van der Waals surface area (Å²) in [6.07, 6.45) is 5.36. The van der Waals surface area contributed by atoms with Gasteiger partial charge in [-0.3, -0.25) is 4.79 Å². The molecule has 144 valence electrons. The van der Waals surface area contributed by atoms with E-state index in [-0.39, 0.29) is 17.4 Å². The Labute approximate surface area is 162 Å². The van der Waals surface area contributed by atoms with E-state index in [1.165, 1.54) is 17.7 Å². The number of aromatic nitrogens is 5. The van der Waals surface area contributed by atoms with Crippen LogP contribution in [0.3, 0.4) is 0 Å². The van der Waals surface area contributed by atoms with Gasteiger partial charge < -0.3 is 5.32 Å². The first-order valence-electron chi connectivity index (χ1n) is 9.36. The number of aryl methyl sites for hydroxylation is 2. The van der Waals surface area contributed by atoms with Crippen LogP contribution in [0, 0.1) is 12.7 Å². The molecule has 1 aliphatic carbocycles. The van der Waals surface area contributed by atoms with Crippen molar-refractivity contribution < 1.29 is 9.18 Å². The zero-order chi connectivity index (χ0) is 19.5. The van der Waals surface area contributed by atoms with Crippen LogP contribution in [-0.2, 0) is 25.8 Å². The molecule has 1 aliphatic rings. The number of nitrogens with one attached hydrogen (secondary N) is 1. The molecule has 1 amide bonds. The monoisotopic (exact) mass is 380 g/mol. The highest BCUT2D eigenvalue weighted by Gasteiger charge is 2.17. The summed E-state index contributed by atoms with van der Waals surface area (Å²) >= 11 is 0. The molecule has 0 atom stereocenters. The van der Waals surface area contributed by atoms with Gasteiger partial charge >= 0.3 is 0 Å². The van der Waals surface area contributed by atoms with E-state index in [2.05, 4.69) is 25.6 Å². The molecule has 0 unspecified atom stereocenters. The van der Waals surface area contributed by atoms with Crippen molar-refractivity contribution in [2.45, 2.75) is 39.2 Å². The fourth-order valence-electron chi connectivity index (χ4n) is 3.43. The van der Waals surface area contributed by atoms with Gasteiger partial charge in [0.25, 0.3) is 5.91 Å². The van der Waals surface area contributed by atoms with Gasteiger partial charge in [-0.05, 0) is 49.4 Å². The van der Waals surface area contributed by atoms with Gasteiger partial charge in [0, 0.05) is 24.4 Å². The normalized spacial score (nSPS) is 12.8. The lowest BCUT2D eigenvalue weighted by molar-refractivity contribution is 0.0949. The number of hydrogen-bond donors (Lipinski definition) is 1. The Morgan fingerprint density at radius 3 is 2.86 bits per heavy atom. The summed E-state index contributed by atoms with van der Waals surface area (Å²) in [5.41, 5.74) is 4.60. The zero-order valence-electron chi connectivity index (χ0n) is 15.7. The van der Waals surface area contributed by atoms with Crippen LogP contribution < -0.4 is 5.32 Å². The average Bonchev–Trinajstić information content (AvgIpc) is 3.33. The molecule has 3 aromatic rings. The Bertz CT molecular complexity index is 998. The highest BCUT2D eigenvalue weighted by molar-refractivity contribution is 5.91. The van der Waals surface area contributed by atoms with Crippen molar-refractivity contribution in [3.8, 4) is 0 Å². The van der Waals surface area contributed by atoms with Crippen molar-refractivity contribution in [2.24, 2.45) is 0 Å². The van der Waals surface area contributed by atoms with Crippen LogP contribution >= 0.6 is 0 Å². The van der Waals surface area contributed by atoms with Gasteiger partial charge in [0.15, 0.2) is 5.69 Å². The molecular weight excluding hydrogens is 359 g/mol. The lowest BCUT2D eigenvalue weighted by Crippen LogP contribution is -2.26. The molecule has 2 aromatic heterocycles. The first-order chi connectivity index (χ1) is 13.6. The molecular formula is C20H21FN6O. The highest BCUT2D eigenvalue weighted by atomic mass is 19.1. The van der Waals surface area contributed by atoms with Crippen LogP contribution in [0.2, 0.25) is 0 Å². The Balaban J connectivity index is 1.31. The molecule has 0 radical (unpaired) electrons. The largest absolute Gasteiger partial charge is 0.350 e. The summed E-state index contributed by atoms with van der Waals surface area (Å²) in [5.74, 6) is 0.187. The van der Waals surface area contributed by atoms with Crippen LogP contribution in [0.4, 0.5) is 4.39 Å². The van der Waals surface area contributed by atoms with E-state index in [1.807, 2.05) is 6.92 Å². The minimum absolute atomic E-state index is 0.244. The van der Waals surface area contributed by atoms with E-state index in [0.717, 1.165) is 42.0 Å². The predicted octanol–water partition coefficient (Wildman–Crippen LogP) is 2.03. The first-order valence-corrected chi connectivity index (χ1v) is 9.36. The van der Waals surface area contributed by atoms with Gasteiger partial charge in [-0.25, -0.2) is 19.0 Å². The number of amides is 1. The SMILES string of the molecule is Cc1nc(CCNC(=O)c2cn(Cc3ccc(F)cc3)nn2)nc2c1CCC2. The predicted molar refractivity (Wildman–Crippen MR) is 100 cm³/mol. The third-order valence-electron chi connectivity index (χ3n) is 4.85. The van der Waals surface area contributed by atoms with E-state index in [4.69, 9.17) is 0 Å². The minimum Gasteiger partial charge on any atom is -0.350 e. The van der Waals surface area contributed by atoms with Crippen LogP contribution in [0.1, 0.15) is 45.2 Å². The summed E-state index contributed by atoms with van der Waals surface area (Å²) in [7, 11) is 0. The van der Waals surface area contributed by atoms with Gasteiger partial charge in [-0.1, -0.05) is 17.3 Å². The number of rotatable bonds is 6. The number of hydrogen-bond acceptors (Lipinski definition) is 5. The maximum atomic E-state index is 13.0. The smallest absolute Gasteiger partial charge is 0.273 e. The molecule has 0 fully saturated rings. The van der Waals surface area contributed by atoms with Gasteiger partial charge in [-0.2, -0.15) is 0 Å².